The van der Waals surface area contributed by atoms with E-state index < -0.39 is 42.1 Å². The van der Waals surface area contributed by atoms with Gasteiger partial charge in [-0.2, -0.15) is 5.26 Å². The van der Waals surface area contributed by atoms with Gasteiger partial charge in [-0.05, 0) is 81.9 Å². The number of hydrogen-bond donors (Lipinski definition) is 3. The quantitative estimate of drug-likeness (QED) is 0.129. The zero-order valence-electron chi connectivity index (χ0n) is 30.0. The number of halogens is 1. The molecule has 2 aliphatic heterocycles. The number of hydrogen-bond acceptors (Lipinski definition) is 8. The average molecular weight is 771 g/mol. The van der Waals surface area contributed by atoms with Crippen LogP contribution in [0.15, 0.2) is 109 Å². The van der Waals surface area contributed by atoms with Crippen LogP contribution in [0.5, 0.6) is 11.5 Å². The summed E-state index contributed by atoms with van der Waals surface area (Å²) < 4.78 is 17.0. The minimum absolute atomic E-state index is 0.00922. The maximum atomic E-state index is 13.8. The van der Waals surface area contributed by atoms with E-state index in [-0.39, 0.29) is 19.4 Å². The van der Waals surface area contributed by atoms with Gasteiger partial charge < -0.3 is 30.0 Å². The Balaban J connectivity index is 1.03. The van der Waals surface area contributed by atoms with Crippen molar-refractivity contribution >= 4 is 41.2 Å². The molecule has 7 rings (SSSR count). The summed E-state index contributed by atoms with van der Waals surface area (Å²) in [5.41, 5.74) is 6.31. The van der Waals surface area contributed by atoms with E-state index in [0.29, 0.717) is 51.1 Å². The van der Waals surface area contributed by atoms with Gasteiger partial charge in [0.05, 0.1) is 31.0 Å². The first-order valence-electron chi connectivity index (χ1n) is 17.7. The molecule has 12 nitrogen and oxygen atoms in total. The third kappa shape index (κ3) is 8.28. The molecule has 3 atom stereocenters. The highest BCUT2D eigenvalue weighted by Crippen LogP contribution is 2.40. The number of methoxy groups -OCH3 is 1. The lowest BCUT2D eigenvalue weighted by atomic mass is 9.92. The Hall–Kier alpha value is -6.84. The predicted octanol–water partition coefficient (Wildman–Crippen LogP) is 6.84. The molecule has 13 heteroatoms. The van der Waals surface area contributed by atoms with Gasteiger partial charge in [-0.25, -0.2) is 9.59 Å². The number of esters is 1. The number of fused-ring (bicyclic) bond motifs is 2. The van der Waals surface area contributed by atoms with Crippen LogP contribution in [0.1, 0.15) is 39.5 Å². The first-order chi connectivity index (χ1) is 27.1. The van der Waals surface area contributed by atoms with Gasteiger partial charge in [-0.3, -0.25) is 14.5 Å². The lowest BCUT2D eigenvalue weighted by molar-refractivity contribution is -0.145. The van der Waals surface area contributed by atoms with E-state index >= 15 is 0 Å². The number of amides is 3. The highest BCUT2D eigenvalue weighted by atomic mass is 35.5. The monoisotopic (exact) mass is 770 g/mol. The van der Waals surface area contributed by atoms with E-state index in [9.17, 15) is 24.3 Å². The fourth-order valence-corrected chi connectivity index (χ4v) is 6.87. The lowest BCUT2D eigenvalue weighted by Gasteiger charge is -2.36. The summed E-state index contributed by atoms with van der Waals surface area (Å²) in [5, 5.41) is 25.5. The van der Waals surface area contributed by atoms with E-state index in [1.54, 1.807) is 60.7 Å². The van der Waals surface area contributed by atoms with E-state index in [4.69, 9.17) is 31.1 Å². The van der Waals surface area contributed by atoms with Crippen molar-refractivity contribution in [3.05, 3.63) is 148 Å². The first kappa shape index (κ1) is 37.5. The molecule has 2 aliphatic rings. The van der Waals surface area contributed by atoms with Crippen molar-refractivity contribution in [2.45, 2.75) is 44.2 Å². The van der Waals surface area contributed by atoms with Gasteiger partial charge in [0.25, 0.3) is 5.91 Å². The minimum atomic E-state index is -1.31. The predicted molar refractivity (Wildman–Crippen MR) is 206 cm³/mol. The molecule has 0 saturated heterocycles. The molecule has 0 bridgehead atoms. The minimum Gasteiger partial charge on any atom is -0.489 e. The molecule has 282 valence electrons. The first-order valence-corrected chi connectivity index (χ1v) is 18.0. The molecule has 2 heterocycles. The van der Waals surface area contributed by atoms with Crippen molar-refractivity contribution in [3.63, 3.8) is 0 Å². The number of ether oxygens (including phenoxy) is 3. The van der Waals surface area contributed by atoms with Crippen molar-refractivity contribution < 1.29 is 38.5 Å². The number of nitriles is 1. The fourth-order valence-electron chi connectivity index (χ4n) is 6.74. The molecule has 3 N–H and O–H groups in total. The van der Waals surface area contributed by atoms with Crippen molar-refractivity contribution in [2.24, 2.45) is 0 Å². The summed E-state index contributed by atoms with van der Waals surface area (Å²) in [6.45, 7) is 0.214. The zero-order valence-corrected chi connectivity index (χ0v) is 30.8. The smallest absolute Gasteiger partial charge is 0.408 e. The molecule has 1 unspecified atom stereocenters. The number of anilines is 1. The largest absolute Gasteiger partial charge is 0.489 e. The maximum absolute atomic E-state index is 13.8. The van der Waals surface area contributed by atoms with E-state index in [1.807, 2.05) is 48.5 Å². The van der Waals surface area contributed by atoms with E-state index in [2.05, 4.69) is 16.7 Å². The summed E-state index contributed by atoms with van der Waals surface area (Å²) >= 11 is 5.96. The second-order valence-electron chi connectivity index (χ2n) is 13.4. The zero-order chi connectivity index (χ0) is 39.3. The Morgan fingerprint density at radius 2 is 1.61 bits per heavy atom. The topological polar surface area (TPSA) is 167 Å². The van der Waals surface area contributed by atoms with Gasteiger partial charge in [0.15, 0.2) is 0 Å². The highest BCUT2D eigenvalue weighted by molar-refractivity contribution is 6.30. The van der Waals surface area contributed by atoms with Crippen LogP contribution in [0.3, 0.4) is 0 Å². The van der Waals surface area contributed by atoms with Crippen LogP contribution in [0.4, 0.5) is 10.5 Å². The molecule has 0 spiro atoms. The van der Waals surface area contributed by atoms with Crippen molar-refractivity contribution in [1.29, 1.82) is 5.26 Å². The van der Waals surface area contributed by atoms with Crippen LogP contribution in [0.2, 0.25) is 5.02 Å². The molecule has 5 aromatic rings. The average Bonchev–Trinajstić information content (AvgIpc) is 3.22. The second-order valence-corrected chi connectivity index (χ2v) is 13.8. The Morgan fingerprint density at radius 3 is 2.25 bits per heavy atom. The number of nitrogens with zero attached hydrogens (tertiary/aromatic N) is 2. The van der Waals surface area contributed by atoms with Gasteiger partial charge in [-0.1, -0.05) is 72.3 Å². The fraction of sp³-hybridized carbons (Fsp3) is 0.186. The summed E-state index contributed by atoms with van der Waals surface area (Å²) in [7, 11) is 1.22. The number of carbonyl (C=O) groups excluding carboxylic acids is 3. The molecule has 3 amide bonds. The number of benzene rings is 5. The molecule has 0 saturated carbocycles. The third-order valence-corrected chi connectivity index (χ3v) is 10.0. The SMILES string of the molecule is COC(=O)[C@H](Cc1ccc(-c2ccc(C#N)cc2)cc1)NC(=O)C1Cc2cc3c(cc2CN1C(=O)O)O[C@@H](c1ccc(OCc2ccc(Cl)cc2)cc1)C(=O)N3. The maximum Gasteiger partial charge on any atom is 0.408 e. The normalized spacial score (nSPS) is 16.2. The summed E-state index contributed by atoms with van der Waals surface area (Å²) in [6, 6.07) is 32.1. The summed E-state index contributed by atoms with van der Waals surface area (Å²) in [6.07, 6.45) is -2.19. The van der Waals surface area contributed by atoms with Crippen LogP contribution in [0.25, 0.3) is 11.1 Å². The molecular weight excluding hydrogens is 736 g/mol. The molecule has 0 aliphatic carbocycles. The van der Waals surface area contributed by atoms with Gasteiger partial charge >= 0.3 is 12.1 Å². The summed E-state index contributed by atoms with van der Waals surface area (Å²) in [4.78, 5) is 53.4. The van der Waals surface area contributed by atoms with Gasteiger partial charge in [-0.15, -0.1) is 0 Å². The van der Waals surface area contributed by atoms with Gasteiger partial charge in [0, 0.05) is 23.4 Å². The third-order valence-electron chi connectivity index (χ3n) is 9.77. The van der Waals surface area contributed by atoms with Crippen molar-refractivity contribution in [1.82, 2.24) is 10.2 Å². The Morgan fingerprint density at radius 1 is 0.946 bits per heavy atom. The van der Waals surface area contributed by atoms with E-state index in [1.165, 1.54) is 7.11 Å². The number of rotatable bonds is 10. The number of carboxylic acid groups (broad SMARTS) is 1. The van der Waals surface area contributed by atoms with Crippen LogP contribution in [0, 0.1) is 11.3 Å². The molecule has 0 fully saturated rings. The number of carbonyl (C=O) groups is 4. The van der Waals surface area contributed by atoms with Crippen LogP contribution < -0.4 is 20.1 Å². The number of nitrogens with one attached hydrogen (secondary N) is 2. The highest BCUT2D eigenvalue weighted by Gasteiger charge is 2.38. The van der Waals surface area contributed by atoms with Crippen LogP contribution in [-0.4, -0.2) is 53.1 Å². The Labute approximate surface area is 327 Å². The van der Waals surface area contributed by atoms with Gasteiger partial charge in [0.1, 0.15) is 30.2 Å². The van der Waals surface area contributed by atoms with Crippen molar-refractivity contribution in [3.8, 4) is 28.7 Å². The Kier molecular flexibility index (Phi) is 10.9. The second kappa shape index (κ2) is 16.3. The van der Waals surface area contributed by atoms with E-state index in [0.717, 1.165) is 27.2 Å². The lowest BCUT2D eigenvalue weighted by Crippen LogP contribution is -2.55. The molecular formula is C43H35ClN4O8. The molecule has 56 heavy (non-hydrogen) atoms. The molecule has 5 aromatic carbocycles. The van der Waals surface area contributed by atoms with Gasteiger partial charge in [0.2, 0.25) is 12.0 Å². The van der Waals surface area contributed by atoms with Crippen molar-refractivity contribution in [2.75, 3.05) is 12.4 Å². The van der Waals surface area contributed by atoms with Crippen LogP contribution in [-0.2, 0) is 45.1 Å². The van der Waals surface area contributed by atoms with Crippen LogP contribution >= 0.6 is 11.6 Å². The Bertz CT molecular complexity index is 2330. The standard InChI is InChI=1S/C43H35ClN4O8/c1-54-42(51)36(18-25-2-8-28(9-3-25)29-10-4-26(22-45)5-11-29)47-40(49)37-20-31-19-35-38(21-32(31)23-48(37)43(52)53)56-39(41(50)46-35)30-12-16-34(17-13-30)55-24-27-6-14-33(44)15-7-27/h2-17,19,21,36-37,39H,18,20,23-24H2,1H3,(H,46,50)(H,47,49)(H,52,53)/t36-,37?,39-/m0/s1. The summed E-state index contributed by atoms with van der Waals surface area (Å²) in [5.74, 6) is -0.775. The molecule has 0 aromatic heterocycles. The molecule has 0 radical (unpaired) electrons.